The van der Waals surface area contributed by atoms with Crippen LogP contribution in [0.4, 0.5) is 0 Å². The maximum absolute atomic E-state index is 9.38. The molecule has 2 aromatic rings. The molecule has 1 aliphatic rings. The molecule has 1 aromatic heterocycles. The van der Waals surface area contributed by atoms with Gasteiger partial charge in [0.05, 0.1) is 10.4 Å². The molecule has 1 aromatic carbocycles. The number of hydrogen-bond acceptors (Lipinski definition) is 3. The quantitative estimate of drug-likeness (QED) is 0.794. The first-order valence-electron chi connectivity index (χ1n) is 5.43. The topological polar surface area (TPSA) is 33.1 Å². The first-order valence-corrected chi connectivity index (χ1v) is 6.20. The fourth-order valence-corrected chi connectivity index (χ4v) is 3.33. The van der Waals surface area contributed by atoms with Gasteiger partial charge in [0.25, 0.3) is 0 Å². The van der Waals surface area contributed by atoms with Gasteiger partial charge in [-0.25, -0.2) is 0 Å². The molecule has 3 heteroatoms. The van der Waals surface area contributed by atoms with E-state index in [1.807, 2.05) is 12.1 Å². The second kappa shape index (κ2) is 3.49. The first-order chi connectivity index (χ1) is 7.34. The van der Waals surface area contributed by atoms with Gasteiger partial charge in [-0.15, -0.1) is 0 Å². The van der Waals surface area contributed by atoms with E-state index >= 15 is 0 Å². The Hall–Kier alpha value is -1.09. The van der Waals surface area contributed by atoms with Gasteiger partial charge in [0.1, 0.15) is 5.75 Å². The molecule has 0 atom stereocenters. The highest BCUT2D eigenvalue weighted by atomic mass is 32.1. The van der Waals surface area contributed by atoms with Crippen LogP contribution in [0.1, 0.15) is 37.3 Å². The van der Waals surface area contributed by atoms with Crippen molar-refractivity contribution >= 4 is 21.6 Å². The molecule has 0 amide bonds. The maximum atomic E-state index is 9.38. The minimum Gasteiger partial charge on any atom is -0.508 e. The standard InChI is InChI=1S/C12H13NOS/c14-9-5-6-10-11(7-9)15-13-12(10)8-3-1-2-4-8/h5-8,14H,1-4H2. The number of aromatic hydroxyl groups is 1. The molecule has 78 valence electrons. The molecule has 1 heterocycles. The van der Waals surface area contributed by atoms with E-state index < -0.39 is 0 Å². The fraction of sp³-hybridized carbons (Fsp3) is 0.417. The summed E-state index contributed by atoms with van der Waals surface area (Å²) >= 11 is 1.50. The third-order valence-electron chi connectivity index (χ3n) is 3.23. The van der Waals surface area contributed by atoms with Crippen molar-refractivity contribution in [1.29, 1.82) is 0 Å². The van der Waals surface area contributed by atoms with Crippen molar-refractivity contribution in [3.63, 3.8) is 0 Å². The third-order valence-corrected chi connectivity index (χ3v) is 4.05. The van der Waals surface area contributed by atoms with Crippen LogP contribution in [0.25, 0.3) is 10.1 Å². The van der Waals surface area contributed by atoms with Gasteiger partial charge in [-0.1, -0.05) is 12.8 Å². The summed E-state index contributed by atoms with van der Waals surface area (Å²) in [7, 11) is 0. The Balaban J connectivity index is 2.11. The summed E-state index contributed by atoms with van der Waals surface area (Å²) in [6, 6.07) is 5.57. The van der Waals surface area contributed by atoms with E-state index in [-0.39, 0.29) is 0 Å². The average molecular weight is 219 g/mol. The van der Waals surface area contributed by atoms with Gasteiger partial charge in [0.15, 0.2) is 0 Å². The maximum Gasteiger partial charge on any atom is 0.117 e. The summed E-state index contributed by atoms with van der Waals surface area (Å²) < 4.78 is 5.66. The van der Waals surface area contributed by atoms with Crippen molar-refractivity contribution in [2.24, 2.45) is 0 Å². The molecule has 1 aliphatic carbocycles. The molecule has 1 fully saturated rings. The molecule has 0 radical (unpaired) electrons. The monoisotopic (exact) mass is 219 g/mol. The Morgan fingerprint density at radius 1 is 1.27 bits per heavy atom. The van der Waals surface area contributed by atoms with Crippen molar-refractivity contribution in [1.82, 2.24) is 4.37 Å². The number of fused-ring (bicyclic) bond motifs is 1. The van der Waals surface area contributed by atoms with Gasteiger partial charge in [0.2, 0.25) is 0 Å². The van der Waals surface area contributed by atoms with E-state index in [1.54, 1.807) is 6.07 Å². The first kappa shape index (κ1) is 9.16. The van der Waals surface area contributed by atoms with Crippen LogP contribution in [0.5, 0.6) is 5.75 Å². The van der Waals surface area contributed by atoms with Gasteiger partial charge in [-0.05, 0) is 42.6 Å². The summed E-state index contributed by atoms with van der Waals surface area (Å²) in [6.45, 7) is 0. The van der Waals surface area contributed by atoms with Crippen LogP contribution >= 0.6 is 11.5 Å². The Bertz CT molecular complexity index is 485. The summed E-state index contributed by atoms with van der Waals surface area (Å²) in [5, 5.41) is 10.6. The lowest BCUT2D eigenvalue weighted by molar-refractivity contribution is 0.476. The highest BCUT2D eigenvalue weighted by Crippen LogP contribution is 2.38. The molecular weight excluding hydrogens is 206 g/mol. The normalized spacial score (nSPS) is 17.6. The molecule has 1 N–H and O–H groups in total. The van der Waals surface area contributed by atoms with Crippen molar-refractivity contribution in [3.8, 4) is 5.75 Å². The predicted molar refractivity (Wildman–Crippen MR) is 62.5 cm³/mol. The number of phenols is 1. The van der Waals surface area contributed by atoms with Crippen molar-refractivity contribution in [2.75, 3.05) is 0 Å². The molecule has 15 heavy (non-hydrogen) atoms. The average Bonchev–Trinajstić information content (AvgIpc) is 2.82. The molecule has 0 saturated heterocycles. The molecule has 1 saturated carbocycles. The van der Waals surface area contributed by atoms with Crippen LogP contribution in [-0.2, 0) is 0 Å². The number of phenolic OH excluding ortho intramolecular Hbond substituents is 1. The van der Waals surface area contributed by atoms with Crippen LogP contribution in [-0.4, -0.2) is 9.48 Å². The summed E-state index contributed by atoms with van der Waals surface area (Å²) in [4.78, 5) is 0. The van der Waals surface area contributed by atoms with E-state index in [0.29, 0.717) is 11.7 Å². The minimum atomic E-state index is 0.337. The van der Waals surface area contributed by atoms with E-state index in [0.717, 1.165) is 4.70 Å². The predicted octanol–water partition coefficient (Wildman–Crippen LogP) is 3.66. The lowest BCUT2D eigenvalue weighted by atomic mass is 10.0. The zero-order valence-corrected chi connectivity index (χ0v) is 9.26. The number of aromatic nitrogens is 1. The Morgan fingerprint density at radius 3 is 2.87 bits per heavy atom. The number of nitrogens with zero attached hydrogens (tertiary/aromatic N) is 1. The van der Waals surface area contributed by atoms with Gasteiger partial charge in [0, 0.05) is 11.3 Å². The van der Waals surface area contributed by atoms with Gasteiger partial charge in [-0.2, -0.15) is 4.37 Å². The van der Waals surface area contributed by atoms with Crippen LogP contribution in [0, 0.1) is 0 Å². The van der Waals surface area contributed by atoms with E-state index in [1.165, 1.54) is 48.3 Å². The highest BCUT2D eigenvalue weighted by Gasteiger charge is 2.21. The van der Waals surface area contributed by atoms with E-state index in [9.17, 15) is 5.11 Å². The van der Waals surface area contributed by atoms with Crippen LogP contribution < -0.4 is 0 Å². The molecule has 0 bridgehead atoms. The third kappa shape index (κ3) is 1.51. The Morgan fingerprint density at radius 2 is 2.07 bits per heavy atom. The lowest BCUT2D eigenvalue weighted by Gasteiger charge is -2.05. The summed E-state index contributed by atoms with van der Waals surface area (Å²) in [6.07, 6.45) is 5.23. The number of rotatable bonds is 1. The zero-order chi connectivity index (χ0) is 10.3. The smallest absolute Gasteiger partial charge is 0.117 e. The molecule has 3 rings (SSSR count). The summed E-state index contributed by atoms with van der Waals surface area (Å²) in [5.41, 5.74) is 1.26. The minimum absolute atomic E-state index is 0.337. The second-order valence-electron chi connectivity index (χ2n) is 4.23. The number of benzene rings is 1. The molecule has 0 unspecified atom stereocenters. The SMILES string of the molecule is Oc1ccc2c(C3CCCC3)nsc2c1. The van der Waals surface area contributed by atoms with Crippen LogP contribution in [0.3, 0.4) is 0 Å². The lowest BCUT2D eigenvalue weighted by Crippen LogP contribution is -1.91. The van der Waals surface area contributed by atoms with Gasteiger partial charge >= 0.3 is 0 Å². The molecule has 0 aliphatic heterocycles. The molecule has 2 nitrogen and oxygen atoms in total. The van der Waals surface area contributed by atoms with Crippen molar-refractivity contribution in [3.05, 3.63) is 23.9 Å². The van der Waals surface area contributed by atoms with E-state index in [4.69, 9.17) is 0 Å². The zero-order valence-electron chi connectivity index (χ0n) is 8.44. The second-order valence-corrected chi connectivity index (χ2v) is 5.03. The van der Waals surface area contributed by atoms with Crippen LogP contribution in [0.2, 0.25) is 0 Å². The number of hydrogen-bond donors (Lipinski definition) is 1. The largest absolute Gasteiger partial charge is 0.508 e. The van der Waals surface area contributed by atoms with Crippen LogP contribution in [0.15, 0.2) is 18.2 Å². The Kier molecular flexibility index (Phi) is 2.13. The summed E-state index contributed by atoms with van der Waals surface area (Å²) in [5.74, 6) is 0.993. The van der Waals surface area contributed by atoms with Gasteiger partial charge in [-0.3, -0.25) is 0 Å². The van der Waals surface area contributed by atoms with Gasteiger partial charge < -0.3 is 5.11 Å². The van der Waals surface area contributed by atoms with Crippen molar-refractivity contribution in [2.45, 2.75) is 31.6 Å². The highest BCUT2D eigenvalue weighted by molar-refractivity contribution is 7.13. The molecule has 0 spiro atoms. The fourth-order valence-electron chi connectivity index (χ4n) is 2.44. The molecular formula is C12H13NOS. The van der Waals surface area contributed by atoms with Crippen molar-refractivity contribution < 1.29 is 5.11 Å². The Labute approximate surface area is 92.7 Å². The van der Waals surface area contributed by atoms with E-state index in [2.05, 4.69) is 4.37 Å².